The molecule has 3 aromatic rings. The minimum absolute atomic E-state index is 0.367. The summed E-state index contributed by atoms with van der Waals surface area (Å²) in [6, 6.07) is 16.9. The molecule has 0 aliphatic carbocycles. The van der Waals surface area contributed by atoms with Gasteiger partial charge in [0, 0.05) is 10.9 Å². The molecule has 0 fully saturated rings. The van der Waals surface area contributed by atoms with Crippen LogP contribution in [-0.4, -0.2) is 4.98 Å². The zero-order valence-electron chi connectivity index (χ0n) is 9.46. The lowest BCUT2D eigenvalue weighted by molar-refractivity contribution is 0.523. The molecule has 3 rings (SSSR count). The first-order valence-corrected chi connectivity index (χ1v) is 6.75. The number of para-hydroxylation sites is 1. The first-order chi connectivity index (χ1) is 8.77. The number of hydrogen-bond donors (Lipinski definition) is 1. The van der Waals surface area contributed by atoms with Crippen molar-refractivity contribution in [3.8, 4) is 11.3 Å². The second-order valence-corrected chi connectivity index (χ2v) is 4.98. The average Bonchev–Trinajstić information content (AvgIpc) is 2.79. The second-order valence-electron chi connectivity index (χ2n) is 4.02. The first-order valence-electron chi connectivity index (χ1n) is 5.58. The third-order valence-electron chi connectivity index (χ3n) is 2.92. The molecule has 1 aromatic heterocycles. The van der Waals surface area contributed by atoms with Crippen molar-refractivity contribution in [1.29, 1.82) is 0 Å². The van der Waals surface area contributed by atoms with Crippen LogP contribution in [0.4, 0.5) is 0 Å². The monoisotopic (exact) mass is 255 g/mol. The van der Waals surface area contributed by atoms with E-state index in [2.05, 4.69) is 4.98 Å². The maximum atomic E-state index is 11.5. The van der Waals surface area contributed by atoms with Gasteiger partial charge in [-0.25, -0.2) is 9.13 Å². The molecule has 0 atom stereocenters. The highest BCUT2D eigenvalue weighted by molar-refractivity contribution is 7.41. The molecule has 2 aromatic carbocycles. The van der Waals surface area contributed by atoms with Crippen LogP contribution in [0, 0.1) is 0 Å². The van der Waals surface area contributed by atoms with Crippen LogP contribution in [0.5, 0.6) is 0 Å². The van der Waals surface area contributed by atoms with Crippen LogP contribution in [0.3, 0.4) is 0 Å². The summed E-state index contributed by atoms with van der Waals surface area (Å²) in [5.41, 5.74) is 2.38. The highest BCUT2D eigenvalue weighted by atomic mass is 31.1. The molecule has 0 radical (unpaired) electrons. The second kappa shape index (κ2) is 4.28. The largest absolute Gasteiger partial charge is 0.354 e. The fourth-order valence-electron chi connectivity index (χ4n) is 2.13. The first kappa shape index (κ1) is 11.0. The minimum atomic E-state index is -2.63. The minimum Gasteiger partial charge on any atom is -0.354 e. The molecule has 3 nitrogen and oxygen atoms in total. The molecule has 0 saturated heterocycles. The van der Waals surface area contributed by atoms with E-state index in [0.29, 0.717) is 11.0 Å². The standard InChI is InChI=1S/C14H10NO2P/c16-18(17)14-11-8-4-5-9-12(11)15-13(14)10-6-2-1-3-7-10/h1-9,15H. The fourth-order valence-corrected chi connectivity index (χ4v) is 2.89. The average molecular weight is 255 g/mol. The Morgan fingerprint density at radius 2 is 1.50 bits per heavy atom. The van der Waals surface area contributed by atoms with Crippen molar-refractivity contribution < 1.29 is 9.13 Å². The number of benzene rings is 2. The lowest BCUT2D eigenvalue weighted by atomic mass is 10.1. The SMILES string of the molecule is O=P(=O)c1c(-c2ccccc2)[nH]c2ccccc12. The van der Waals surface area contributed by atoms with Crippen LogP contribution < -0.4 is 5.30 Å². The molecule has 0 spiro atoms. The van der Waals surface area contributed by atoms with E-state index < -0.39 is 7.68 Å². The number of nitrogens with one attached hydrogen (secondary N) is 1. The smallest absolute Gasteiger partial charge is 0.351 e. The molecule has 1 N–H and O–H groups in total. The molecule has 1 heterocycles. The van der Waals surface area contributed by atoms with E-state index in [1.165, 1.54) is 0 Å². The molecule has 4 heteroatoms. The van der Waals surface area contributed by atoms with Crippen molar-refractivity contribution in [3.63, 3.8) is 0 Å². The predicted octanol–water partition coefficient (Wildman–Crippen LogP) is 3.63. The van der Waals surface area contributed by atoms with E-state index in [1.807, 2.05) is 54.6 Å². The van der Waals surface area contributed by atoms with Crippen molar-refractivity contribution in [1.82, 2.24) is 4.98 Å². The van der Waals surface area contributed by atoms with E-state index in [0.717, 1.165) is 16.5 Å². The molecular weight excluding hydrogens is 245 g/mol. The molecule has 0 bridgehead atoms. The normalized spacial score (nSPS) is 10.7. The summed E-state index contributed by atoms with van der Waals surface area (Å²) in [6.45, 7) is 0. The van der Waals surface area contributed by atoms with Crippen molar-refractivity contribution in [2.75, 3.05) is 0 Å². The Morgan fingerprint density at radius 1 is 0.833 bits per heavy atom. The van der Waals surface area contributed by atoms with Crippen LogP contribution in [0.2, 0.25) is 0 Å². The summed E-state index contributed by atoms with van der Waals surface area (Å²) in [7, 11) is -2.63. The van der Waals surface area contributed by atoms with Gasteiger partial charge in [-0.05, 0) is 11.6 Å². The predicted molar refractivity (Wildman–Crippen MR) is 71.7 cm³/mol. The molecule has 18 heavy (non-hydrogen) atoms. The van der Waals surface area contributed by atoms with Crippen molar-refractivity contribution >= 4 is 23.9 Å². The fraction of sp³-hybridized carbons (Fsp3) is 0. The number of H-pyrrole nitrogens is 1. The van der Waals surface area contributed by atoms with Gasteiger partial charge in [-0.2, -0.15) is 0 Å². The zero-order chi connectivity index (χ0) is 12.5. The van der Waals surface area contributed by atoms with Crippen LogP contribution in [0.1, 0.15) is 0 Å². The lowest BCUT2D eigenvalue weighted by Crippen LogP contribution is -1.95. The number of aromatic nitrogens is 1. The Balaban J connectivity index is 2.39. The Morgan fingerprint density at radius 3 is 2.22 bits per heavy atom. The summed E-state index contributed by atoms with van der Waals surface area (Å²) in [4.78, 5) is 3.18. The van der Waals surface area contributed by atoms with Gasteiger partial charge in [0.2, 0.25) is 0 Å². The van der Waals surface area contributed by atoms with Gasteiger partial charge < -0.3 is 4.98 Å². The van der Waals surface area contributed by atoms with Crippen LogP contribution >= 0.6 is 7.68 Å². The third-order valence-corrected chi connectivity index (χ3v) is 3.75. The third kappa shape index (κ3) is 1.69. The molecule has 0 aliphatic rings. The maximum absolute atomic E-state index is 11.5. The van der Waals surface area contributed by atoms with Gasteiger partial charge in [-0.15, -0.1) is 0 Å². The number of aromatic amines is 1. The molecule has 0 amide bonds. The van der Waals surface area contributed by atoms with E-state index in [9.17, 15) is 9.13 Å². The lowest BCUT2D eigenvalue weighted by Gasteiger charge is -1.97. The quantitative estimate of drug-likeness (QED) is 0.711. The van der Waals surface area contributed by atoms with Gasteiger partial charge in [0.15, 0.2) is 0 Å². The number of fused-ring (bicyclic) bond motifs is 1. The molecule has 0 unspecified atom stereocenters. The van der Waals surface area contributed by atoms with Crippen LogP contribution in [0.15, 0.2) is 54.6 Å². The Labute approximate surface area is 104 Å². The van der Waals surface area contributed by atoms with Gasteiger partial charge in [-0.3, -0.25) is 0 Å². The topological polar surface area (TPSA) is 49.9 Å². The summed E-state index contributed by atoms with van der Waals surface area (Å²) in [6.07, 6.45) is 0. The highest BCUT2D eigenvalue weighted by Crippen LogP contribution is 2.27. The number of rotatable bonds is 2. The van der Waals surface area contributed by atoms with E-state index >= 15 is 0 Å². The summed E-state index contributed by atoms with van der Waals surface area (Å²) in [5, 5.41) is 1.11. The van der Waals surface area contributed by atoms with Gasteiger partial charge in [-0.1, -0.05) is 48.5 Å². The Kier molecular flexibility index (Phi) is 2.62. The Bertz CT molecular complexity index is 765. The summed E-state index contributed by atoms with van der Waals surface area (Å²) in [5.74, 6) is 0. The van der Waals surface area contributed by atoms with Crippen LogP contribution in [-0.2, 0) is 9.13 Å². The summed E-state index contributed by atoms with van der Waals surface area (Å²) < 4.78 is 23.0. The van der Waals surface area contributed by atoms with E-state index in [1.54, 1.807) is 0 Å². The maximum Gasteiger partial charge on any atom is 0.351 e. The molecular formula is C14H10NO2P. The van der Waals surface area contributed by atoms with Crippen LogP contribution in [0.25, 0.3) is 22.2 Å². The molecule has 88 valence electrons. The van der Waals surface area contributed by atoms with Crippen molar-refractivity contribution in [3.05, 3.63) is 54.6 Å². The van der Waals surface area contributed by atoms with E-state index in [4.69, 9.17) is 0 Å². The highest BCUT2D eigenvalue weighted by Gasteiger charge is 2.16. The van der Waals surface area contributed by atoms with Gasteiger partial charge >= 0.3 is 7.68 Å². The number of hydrogen-bond acceptors (Lipinski definition) is 2. The van der Waals surface area contributed by atoms with Gasteiger partial charge in [0.25, 0.3) is 0 Å². The van der Waals surface area contributed by atoms with Crippen molar-refractivity contribution in [2.45, 2.75) is 0 Å². The molecule has 0 saturated carbocycles. The van der Waals surface area contributed by atoms with Gasteiger partial charge in [0.05, 0.1) is 5.69 Å². The molecule has 0 aliphatic heterocycles. The van der Waals surface area contributed by atoms with E-state index in [-0.39, 0.29) is 0 Å². The van der Waals surface area contributed by atoms with Crippen molar-refractivity contribution in [2.24, 2.45) is 0 Å². The summed E-state index contributed by atoms with van der Waals surface area (Å²) >= 11 is 0. The zero-order valence-corrected chi connectivity index (χ0v) is 10.4. The van der Waals surface area contributed by atoms with Gasteiger partial charge in [0.1, 0.15) is 5.30 Å². The Hall–Kier alpha value is -2.12.